The molecule has 0 aromatic heterocycles. The lowest BCUT2D eigenvalue weighted by molar-refractivity contribution is 0.239. The van der Waals surface area contributed by atoms with Crippen LogP contribution in [0.15, 0.2) is 59.8 Å². The minimum atomic E-state index is 0.263. The van der Waals surface area contributed by atoms with Crippen molar-refractivity contribution in [1.82, 2.24) is 4.90 Å². The summed E-state index contributed by atoms with van der Waals surface area (Å²) in [5.74, 6) is 0. The Morgan fingerprint density at radius 3 is 2.86 bits per heavy atom. The molecule has 0 saturated carbocycles. The van der Waals surface area contributed by atoms with Crippen LogP contribution in [0, 0.1) is 0 Å². The van der Waals surface area contributed by atoms with Crippen LogP contribution in [0.1, 0.15) is 19.8 Å². The van der Waals surface area contributed by atoms with Crippen LogP contribution in [0.5, 0.6) is 0 Å². The van der Waals surface area contributed by atoms with E-state index in [9.17, 15) is 0 Å². The summed E-state index contributed by atoms with van der Waals surface area (Å²) >= 11 is 0. The molecule has 3 aliphatic rings. The van der Waals surface area contributed by atoms with Crippen LogP contribution in [0.3, 0.4) is 0 Å². The van der Waals surface area contributed by atoms with Crippen molar-refractivity contribution in [3.8, 4) is 0 Å². The quantitative estimate of drug-likeness (QED) is 0.883. The molecule has 0 spiro atoms. The van der Waals surface area contributed by atoms with Gasteiger partial charge in [0.2, 0.25) is 0 Å². The molecule has 3 nitrogen and oxygen atoms in total. The van der Waals surface area contributed by atoms with Crippen LogP contribution >= 0.6 is 0 Å². The fraction of sp³-hybridized carbons (Fsp3) is 0.333. The molecule has 3 heteroatoms. The molecule has 2 aliphatic heterocycles. The molecule has 108 valence electrons. The van der Waals surface area contributed by atoms with Gasteiger partial charge in [-0.1, -0.05) is 49.8 Å². The van der Waals surface area contributed by atoms with Crippen LogP contribution < -0.4 is 10.6 Å². The summed E-state index contributed by atoms with van der Waals surface area (Å²) in [6, 6.07) is 8.85. The third kappa shape index (κ3) is 2.00. The van der Waals surface area contributed by atoms with Gasteiger partial charge in [0.1, 0.15) is 6.17 Å². The highest BCUT2D eigenvalue weighted by Crippen LogP contribution is 2.40. The van der Waals surface area contributed by atoms with Crippen LogP contribution in [0.25, 0.3) is 0 Å². The number of para-hydroxylation sites is 2. The standard InChI is InChI=1S/C18H21N3/c1-2-3-12-21-16-11-7-4-8-13(16)17-18(21)20-15-10-6-5-9-14(15)19-17/h4-11,16,18-20H,2-3,12H2,1H3. The minimum Gasteiger partial charge on any atom is -0.363 e. The van der Waals surface area contributed by atoms with Gasteiger partial charge in [-0.15, -0.1) is 0 Å². The Kier molecular flexibility index (Phi) is 3.08. The first-order valence-electron chi connectivity index (χ1n) is 7.86. The van der Waals surface area contributed by atoms with Gasteiger partial charge >= 0.3 is 0 Å². The Morgan fingerprint density at radius 2 is 2.00 bits per heavy atom. The van der Waals surface area contributed by atoms with Crippen molar-refractivity contribution < 1.29 is 0 Å². The number of anilines is 2. The number of benzene rings is 1. The highest BCUT2D eigenvalue weighted by molar-refractivity contribution is 5.76. The molecule has 2 N–H and O–H groups in total. The second-order valence-corrected chi connectivity index (χ2v) is 5.87. The summed E-state index contributed by atoms with van der Waals surface area (Å²) < 4.78 is 0. The van der Waals surface area contributed by atoms with Gasteiger partial charge in [-0.2, -0.15) is 0 Å². The Morgan fingerprint density at radius 1 is 1.14 bits per heavy atom. The number of unbranched alkanes of at least 4 members (excludes halogenated alkanes) is 1. The van der Waals surface area contributed by atoms with E-state index in [1.165, 1.54) is 35.5 Å². The summed E-state index contributed by atoms with van der Waals surface area (Å²) in [4.78, 5) is 2.57. The van der Waals surface area contributed by atoms with Crippen molar-refractivity contribution >= 4 is 11.4 Å². The summed E-state index contributed by atoms with van der Waals surface area (Å²) in [7, 11) is 0. The molecule has 0 saturated heterocycles. The van der Waals surface area contributed by atoms with Crippen molar-refractivity contribution in [2.75, 3.05) is 17.2 Å². The largest absolute Gasteiger partial charge is 0.363 e. The molecule has 21 heavy (non-hydrogen) atoms. The Hall–Kier alpha value is -2.00. The number of fused-ring (bicyclic) bond motifs is 3. The van der Waals surface area contributed by atoms with E-state index in [1.54, 1.807) is 0 Å². The van der Waals surface area contributed by atoms with Crippen molar-refractivity contribution in [3.05, 3.63) is 59.8 Å². The van der Waals surface area contributed by atoms with Gasteiger partial charge < -0.3 is 10.6 Å². The first kappa shape index (κ1) is 12.7. The molecule has 0 amide bonds. The smallest absolute Gasteiger partial charge is 0.122 e. The van der Waals surface area contributed by atoms with E-state index in [0.717, 1.165) is 6.54 Å². The van der Waals surface area contributed by atoms with Gasteiger partial charge in [-0.05, 0) is 24.1 Å². The van der Waals surface area contributed by atoms with Crippen molar-refractivity contribution in [2.24, 2.45) is 0 Å². The van der Waals surface area contributed by atoms with E-state index in [4.69, 9.17) is 0 Å². The molecule has 0 bridgehead atoms. The minimum absolute atomic E-state index is 0.263. The van der Waals surface area contributed by atoms with Crippen LogP contribution in [-0.2, 0) is 0 Å². The third-order valence-corrected chi connectivity index (χ3v) is 4.53. The lowest BCUT2D eigenvalue weighted by Gasteiger charge is -2.35. The number of hydrogen-bond donors (Lipinski definition) is 2. The average molecular weight is 279 g/mol. The zero-order valence-corrected chi connectivity index (χ0v) is 12.3. The molecule has 0 radical (unpaired) electrons. The molecular weight excluding hydrogens is 258 g/mol. The van der Waals surface area contributed by atoms with Crippen LogP contribution in [-0.4, -0.2) is 23.7 Å². The molecule has 1 aromatic rings. The summed E-state index contributed by atoms with van der Waals surface area (Å²) in [5, 5.41) is 7.37. The molecule has 2 unspecified atom stereocenters. The van der Waals surface area contributed by atoms with E-state index in [0.29, 0.717) is 6.04 Å². The van der Waals surface area contributed by atoms with E-state index in [2.05, 4.69) is 71.0 Å². The number of hydrogen-bond acceptors (Lipinski definition) is 3. The maximum Gasteiger partial charge on any atom is 0.122 e. The molecule has 1 aliphatic carbocycles. The normalized spacial score (nSPS) is 26.0. The highest BCUT2D eigenvalue weighted by atomic mass is 15.3. The predicted octanol–water partition coefficient (Wildman–Crippen LogP) is 3.71. The number of nitrogens with zero attached hydrogens (tertiary/aromatic N) is 1. The first-order valence-corrected chi connectivity index (χ1v) is 7.86. The zero-order valence-electron chi connectivity index (χ0n) is 12.3. The van der Waals surface area contributed by atoms with Gasteiger partial charge in [0.15, 0.2) is 0 Å². The lowest BCUT2D eigenvalue weighted by Crippen LogP contribution is -2.45. The molecule has 2 heterocycles. The first-order chi connectivity index (χ1) is 10.4. The SMILES string of the molecule is CCCCN1C2C=CC=CC2=C2Nc3ccccc3NC21. The Balaban J connectivity index is 1.73. The number of nitrogens with one attached hydrogen (secondary N) is 2. The predicted molar refractivity (Wildman–Crippen MR) is 88.2 cm³/mol. The second kappa shape index (κ2) is 5.08. The van der Waals surface area contributed by atoms with Gasteiger partial charge in [-0.25, -0.2) is 0 Å². The average Bonchev–Trinajstić information content (AvgIpc) is 2.84. The van der Waals surface area contributed by atoms with Gasteiger partial charge in [0.25, 0.3) is 0 Å². The lowest BCUT2D eigenvalue weighted by atomic mass is 10.0. The Labute approximate surface area is 126 Å². The third-order valence-electron chi connectivity index (χ3n) is 4.53. The van der Waals surface area contributed by atoms with Gasteiger partial charge in [0.05, 0.1) is 23.1 Å². The zero-order chi connectivity index (χ0) is 14.2. The van der Waals surface area contributed by atoms with Gasteiger partial charge in [0, 0.05) is 6.54 Å². The van der Waals surface area contributed by atoms with E-state index in [1.807, 2.05) is 0 Å². The number of allylic oxidation sites excluding steroid dienone is 2. The molecule has 4 rings (SSSR count). The van der Waals surface area contributed by atoms with Crippen LogP contribution in [0.2, 0.25) is 0 Å². The monoisotopic (exact) mass is 279 g/mol. The Bertz CT molecular complexity index is 642. The summed E-state index contributed by atoms with van der Waals surface area (Å²) in [6.45, 7) is 3.37. The maximum absolute atomic E-state index is 3.71. The molecule has 1 aromatic carbocycles. The van der Waals surface area contributed by atoms with E-state index >= 15 is 0 Å². The summed E-state index contributed by atoms with van der Waals surface area (Å²) in [6.07, 6.45) is 11.6. The van der Waals surface area contributed by atoms with Crippen LogP contribution in [0.4, 0.5) is 11.4 Å². The summed E-state index contributed by atoms with van der Waals surface area (Å²) in [5.41, 5.74) is 5.09. The van der Waals surface area contributed by atoms with Gasteiger partial charge in [-0.3, -0.25) is 4.90 Å². The van der Waals surface area contributed by atoms with Crippen molar-refractivity contribution in [2.45, 2.75) is 32.0 Å². The topological polar surface area (TPSA) is 27.3 Å². The maximum atomic E-state index is 3.71. The molecular formula is C18H21N3. The second-order valence-electron chi connectivity index (χ2n) is 5.87. The van der Waals surface area contributed by atoms with E-state index < -0.39 is 0 Å². The molecule has 0 fully saturated rings. The molecule has 2 atom stereocenters. The van der Waals surface area contributed by atoms with Crippen molar-refractivity contribution in [1.29, 1.82) is 0 Å². The fourth-order valence-electron chi connectivity index (χ4n) is 3.47. The number of rotatable bonds is 3. The van der Waals surface area contributed by atoms with E-state index in [-0.39, 0.29) is 6.17 Å². The van der Waals surface area contributed by atoms with Crippen molar-refractivity contribution in [3.63, 3.8) is 0 Å². The fourth-order valence-corrected chi connectivity index (χ4v) is 3.47. The highest BCUT2D eigenvalue weighted by Gasteiger charge is 2.40.